The Balaban J connectivity index is 2.17. The van der Waals surface area contributed by atoms with Gasteiger partial charge in [-0.15, -0.1) is 0 Å². The lowest BCUT2D eigenvalue weighted by Crippen LogP contribution is -1.75. The molecule has 1 aromatic carbocycles. The number of allylic oxidation sites excluding steroid dienone is 1. The molecule has 1 saturated carbocycles. The molecule has 0 aliphatic heterocycles. The monoisotopic (exact) mass is 174 g/mol. The molecule has 0 aromatic heterocycles. The van der Waals surface area contributed by atoms with Crippen molar-refractivity contribution in [2.75, 3.05) is 0 Å². The average molecular weight is 174 g/mol. The molecule has 1 fully saturated rings. The van der Waals surface area contributed by atoms with Crippen molar-refractivity contribution in [2.45, 2.75) is 25.7 Å². The van der Waals surface area contributed by atoms with E-state index in [0.29, 0.717) is 5.75 Å². The highest BCUT2D eigenvalue weighted by Crippen LogP contribution is 2.26. The van der Waals surface area contributed by atoms with Crippen molar-refractivity contribution in [1.29, 1.82) is 0 Å². The number of hydrogen-bond donors (Lipinski definition) is 1. The Morgan fingerprint density at radius 1 is 1.00 bits per heavy atom. The minimum atomic E-state index is 0.341. The first kappa shape index (κ1) is 8.36. The lowest BCUT2D eigenvalue weighted by Gasteiger charge is -1.97. The largest absolute Gasteiger partial charge is 0.508 e. The number of aromatic hydroxyl groups is 1. The van der Waals surface area contributed by atoms with E-state index in [1.165, 1.54) is 31.2 Å². The second-order valence-corrected chi connectivity index (χ2v) is 3.60. The van der Waals surface area contributed by atoms with Gasteiger partial charge in [0.1, 0.15) is 5.75 Å². The van der Waals surface area contributed by atoms with Crippen LogP contribution in [0.3, 0.4) is 0 Å². The van der Waals surface area contributed by atoms with E-state index in [2.05, 4.69) is 6.08 Å². The normalized spacial score (nSPS) is 16.2. The predicted octanol–water partition coefficient (Wildman–Crippen LogP) is 3.35. The highest BCUT2D eigenvalue weighted by molar-refractivity contribution is 5.54. The summed E-state index contributed by atoms with van der Waals surface area (Å²) in [7, 11) is 0. The first-order valence-corrected chi connectivity index (χ1v) is 4.83. The number of phenols is 1. The molecule has 0 heterocycles. The summed E-state index contributed by atoms with van der Waals surface area (Å²) < 4.78 is 0. The highest BCUT2D eigenvalue weighted by Gasteiger charge is 2.05. The summed E-state index contributed by atoms with van der Waals surface area (Å²) in [4.78, 5) is 0. The van der Waals surface area contributed by atoms with Crippen LogP contribution in [0.2, 0.25) is 0 Å². The van der Waals surface area contributed by atoms with Gasteiger partial charge in [0.15, 0.2) is 0 Å². The summed E-state index contributed by atoms with van der Waals surface area (Å²) in [5.74, 6) is 0.341. The van der Waals surface area contributed by atoms with Crippen LogP contribution in [0.1, 0.15) is 31.2 Å². The Kier molecular flexibility index (Phi) is 2.35. The van der Waals surface area contributed by atoms with Crippen LogP contribution in [0.15, 0.2) is 29.8 Å². The highest BCUT2D eigenvalue weighted by atomic mass is 16.3. The smallest absolute Gasteiger partial charge is 0.115 e. The molecular weight excluding hydrogens is 160 g/mol. The van der Waals surface area contributed by atoms with Crippen molar-refractivity contribution in [1.82, 2.24) is 0 Å². The van der Waals surface area contributed by atoms with E-state index in [1.807, 2.05) is 12.1 Å². The predicted molar refractivity (Wildman–Crippen MR) is 54.6 cm³/mol. The van der Waals surface area contributed by atoms with Gasteiger partial charge in [-0.2, -0.15) is 0 Å². The van der Waals surface area contributed by atoms with Gasteiger partial charge in [-0.25, -0.2) is 0 Å². The van der Waals surface area contributed by atoms with E-state index in [1.54, 1.807) is 17.7 Å². The maximum atomic E-state index is 9.10. The van der Waals surface area contributed by atoms with Gasteiger partial charge in [-0.1, -0.05) is 23.8 Å². The van der Waals surface area contributed by atoms with Crippen molar-refractivity contribution in [3.63, 3.8) is 0 Å². The van der Waals surface area contributed by atoms with Crippen molar-refractivity contribution >= 4 is 6.08 Å². The molecule has 1 aliphatic carbocycles. The second kappa shape index (κ2) is 3.65. The van der Waals surface area contributed by atoms with Gasteiger partial charge < -0.3 is 5.11 Å². The van der Waals surface area contributed by atoms with Crippen LogP contribution in [0.5, 0.6) is 5.75 Å². The molecule has 0 spiro atoms. The third-order valence-corrected chi connectivity index (χ3v) is 2.51. The summed E-state index contributed by atoms with van der Waals surface area (Å²) >= 11 is 0. The molecule has 0 amide bonds. The minimum Gasteiger partial charge on any atom is -0.508 e. The average Bonchev–Trinajstić information content (AvgIpc) is 2.62. The van der Waals surface area contributed by atoms with E-state index < -0.39 is 0 Å². The molecule has 1 N–H and O–H groups in total. The summed E-state index contributed by atoms with van der Waals surface area (Å²) in [6, 6.07) is 7.39. The lowest BCUT2D eigenvalue weighted by molar-refractivity contribution is 0.475. The van der Waals surface area contributed by atoms with E-state index in [-0.39, 0.29) is 0 Å². The number of phenolic OH excluding ortho intramolecular Hbond substituents is 1. The molecule has 1 aliphatic rings. The minimum absolute atomic E-state index is 0.341. The summed E-state index contributed by atoms with van der Waals surface area (Å²) in [5.41, 5.74) is 2.75. The van der Waals surface area contributed by atoms with Crippen LogP contribution in [0.25, 0.3) is 6.08 Å². The number of hydrogen-bond acceptors (Lipinski definition) is 1. The van der Waals surface area contributed by atoms with Gasteiger partial charge in [0.25, 0.3) is 0 Å². The zero-order valence-corrected chi connectivity index (χ0v) is 7.66. The Hall–Kier alpha value is -1.24. The first-order valence-electron chi connectivity index (χ1n) is 4.83. The van der Waals surface area contributed by atoms with E-state index in [9.17, 15) is 0 Å². The van der Waals surface area contributed by atoms with E-state index in [0.717, 1.165) is 0 Å². The molecule has 0 radical (unpaired) electrons. The summed E-state index contributed by atoms with van der Waals surface area (Å²) in [6.07, 6.45) is 7.42. The van der Waals surface area contributed by atoms with Gasteiger partial charge in [0.2, 0.25) is 0 Å². The molecule has 0 atom stereocenters. The van der Waals surface area contributed by atoms with Crippen molar-refractivity contribution < 1.29 is 5.11 Å². The van der Waals surface area contributed by atoms with E-state index >= 15 is 0 Å². The number of rotatable bonds is 1. The van der Waals surface area contributed by atoms with Gasteiger partial charge in [0.05, 0.1) is 0 Å². The summed E-state index contributed by atoms with van der Waals surface area (Å²) in [6.45, 7) is 0. The van der Waals surface area contributed by atoms with Crippen LogP contribution < -0.4 is 0 Å². The quantitative estimate of drug-likeness (QED) is 0.692. The molecule has 0 bridgehead atoms. The van der Waals surface area contributed by atoms with Crippen molar-refractivity contribution in [3.05, 3.63) is 35.4 Å². The molecular formula is C12H14O. The van der Waals surface area contributed by atoms with Crippen molar-refractivity contribution in [2.24, 2.45) is 0 Å². The molecule has 1 nitrogen and oxygen atoms in total. The molecule has 13 heavy (non-hydrogen) atoms. The third kappa shape index (κ3) is 2.11. The first-order chi connectivity index (χ1) is 6.34. The Morgan fingerprint density at radius 2 is 1.62 bits per heavy atom. The maximum Gasteiger partial charge on any atom is 0.115 e. The standard InChI is InChI=1S/C12H14O/c13-12-7-5-11(6-8-12)9-10-3-1-2-4-10/h5-9,13H,1-4H2. The molecule has 0 saturated heterocycles. The van der Waals surface area contributed by atoms with Crippen LogP contribution in [0.4, 0.5) is 0 Å². The fourth-order valence-corrected chi connectivity index (χ4v) is 1.78. The SMILES string of the molecule is Oc1ccc(C=C2CCCC2)cc1. The molecule has 2 rings (SSSR count). The van der Waals surface area contributed by atoms with Gasteiger partial charge >= 0.3 is 0 Å². The van der Waals surface area contributed by atoms with Crippen LogP contribution in [-0.2, 0) is 0 Å². The zero-order chi connectivity index (χ0) is 9.10. The molecule has 68 valence electrons. The Morgan fingerprint density at radius 3 is 2.23 bits per heavy atom. The van der Waals surface area contributed by atoms with Crippen LogP contribution >= 0.6 is 0 Å². The van der Waals surface area contributed by atoms with Crippen LogP contribution in [0, 0.1) is 0 Å². The van der Waals surface area contributed by atoms with Gasteiger partial charge in [0, 0.05) is 0 Å². The maximum absolute atomic E-state index is 9.10. The number of benzene rings is 1. The Labute approximate surface area is 78.7 Å². The Bertz CT molecular complexity index is 300. The van der Waals surface area contributed by atoms with Crippen LogP contribution in [-0.4, -0.2) is 5.11 Å². The topological polar surface area (TPSA) is 20.2 Å². The second-order valence-electron chi connectivity index (χ2n) is 3.60. The lowest BCUT2D eigenvalue weighted by atomic mass is 10.1. The fourth-order valence-electron chi connectivity index (χ4n) is 1.78. The van der Waals surface area contributed by atoms with Gasteiger partial charge in [-0.05, 0) is 43.4 Å². The van der Waals surface area contributed by atoms with Crippen molar-refractivity contribution in [3.8, 4) is 5.75 Å². The van der Waals surface area contributed by atoms with Gasteiger partial charge in [-0.3, -0.25) is 0 Å². The third-order valence-electron chi connectivity index (χ3n) is 2.51. The molecule has 1 aromatic rings. The molecule has 0 unspecified atom stereocenters. The molecule has 1 heteroatoms. The fraction of sp³-hybridized carbons (Fsp3) is 0.333. The zero-order valence-electron chi connectivity index (χ0n) is 7.66. The summed E-state index contributed by atoms with van der Waals surface area (Å²) in [5, 5.41) is 9.10. The van der Waals surface area contributed by atoms with E-state index in [4.69, 9.17) is 5.11 Å².